The molecule has 18 heavy (non-hydrogen) atoms. The molecule has 0 amide bonds. The van der Waals surface area contributed by atoms with Crippen molar-refractivity contribution in [3.63, 3.8) is 0 Å². The van der Waals surface area contributed by atoms with Crippen LogP contribution in [0.2, 0.25) is 0 Å². The van der Waals surface area contributed by atoms with Crippen molar-refractivity contribution < 1.29 is 4.79 Å². The summed E-state index contributed by atoms with van der Waals surface area (Å²) in [6.45, 7) is 0. The van der Waals surface area contributed by atoms with Gasteiger partial charge in [-0.1, -0.05) is 59.7 Å². The Kier molecular flexibility index (Phi) is 3.74. The number of carbonyl (C=O) groups excluding carboxylic acids is 1. The van der Waals surface area contributed by atoms with Crippen LogP contribution >= 0.6 is 0 Å². The maximum absolute atomic E-state index is 11.9. The summed E-state index contributed by atoms with van der Waals surface area (Å²) in [6, 6.07) is 16.2. The van der Waals surface area contributed by atoms with Crippen LogP contribution in [0.1, 0.15) is 15.9 Å². The Morgan fingerprint density at radius 3 is 2.33 bits per heavy atom. The number of hydrogen-bond acceptors (Lipinski definition) is 2. The second-order valence-electron chi connectivity index (χ2n) is 3.82. The molecule has 0 aliphatic rings. The van der Waals surface area contributed by atoms with Crippen LogP contribution in [0.5, 0.6) is 0 Å². The lowest BCUT2D eigenvalue weighted by Gasteiger charge is -2.01. The highest BCUT2D eigenvalue weighted by Crippen LogP contribution is 2.14. The Hall–Kier alpha value is -2.58. The van der Waals surface area contributed by atoms with E-state index in [9.17, 15) is 4.79 Å². The maximum atomic E-state index is 11.9. The fraction of sp³-hybridized carbons (Fsp3) is 0.0714. The van der Waals surface area contributed by atoms with Crippen LogP contribution < -0.4 is 0 Å². The molecule has 0 aromatic heterocycles. The average molecular weight is 237 g/mol. The van der Waals surface area contributed by atoms with Crippen LogP contribution in [-0.2, 0) is 6.42 Å². The van der Waals surface area contributed by atoms with E-state index in [1.807, 2.05) is 18.2 Å². The highest BCUT2D eigenvalue weighted by Gasteiger charge is 2.05. The van der Waals surface area contributed by atoms with Gasteiger partial charge in [-0.3, -0.25) is 4.79 Å². The van der Waals surface area contributed by atoms with Crippen molar-refractivity contribution in [2.75, 3.05) is 0 Å². The van der Waals surface area contributed by atoms with E-state index in [4.69, 9.17) is 5.53 Å². The van der Waals surface area contributed by atoms with E-state index in [1.54, 1.807) is 36.4 Å². The van der Waals surface area contributed by atoms with Gasteiger partial charge in [0.2, 0.25) is 0 Å². The second kappa shape index (κ2) is 5.66. The fourth-order valence-electron chi connectivity index (χ4n) is 1.64. The quantitative estimate of drug-likeness (QED) is 0.342. The van der Waals surface area contributed by atoms with E-state index >= 15 is 0 Å². The Balaban J connectivity index is 2.10. The van der Waals surface area contributed by atoms with Crippen molar-refractivity contribution in [1.29, 1.82) is 0 Å². The van der Waals surface area contributed by atoms with Crippen LogP contribution in [0.3, 0.4) is 0 Å². The molecule has 0 radical (unpaired) electrons. The van der Waals surface area contributed by atoms with Crippen LogP contribution in [0.25, 0.3) is 10.4 Å². The Morgan fingerprint density at radius 1 is 1.06 bits per heavy atom. The van der Waals surface area contributed by atoms with E-state index in [0.717, 1.165) is 5.56 Å². The lowest BCUT2D eigenvalue weighted by molar-refractivity contribution is 0.0993. The van der Waals surface area contributed by atoms with Crippen LogP contribution in [0.4, 0.5) is 5.69 Å². The van der Waals surface area contributed by atoms with Gasteiger partial charge in [-0.25, -0.2) is 0 Å². The van der Waals surface area contributed by atoms with Crippen molar-refractivity contribution in [2.24, 2.45) is 5.11 Å². The largest absolute Gasteiger partial charge is 0.294 e. The van der Waals surface area contributed by atoms with Gasteiger partial charge < -0.3 is 0 Å². The molecule has 0 saturated heterocycles. The molecule has 0 unspecified atom stereocenters. The summed E-state index contributed by atoms with van der Waals surface area (Å²) < 4.78 is 0. The minimum absolute atomic E-state index is 0.0761. The first-order valence-corrected chi connectivity index (χ1v) is 5.52. The predicted molar refractivity (Wildman–Crippen MR) is 69.7 cm³/mol. The topological polar surface area (TPSA) is 65.8 Å². The first kappa shape index (κ1) is 11.9. The molecule has 88 valence electrons. The maximum Gasteiger partial charge on any atom is 0.167 e. The molecule has 0 heterocycles. The molecule has 0 N–H and O–H groups in total. The first-order chi connectivity index (χ1) is 8.79. The third kappa shape index (κ3) is 2.97. The third-order valence-electron chi connectivity index (χ3n) is 2.56. The number of rotatable bonds is 4. The van der Waals surface area contributed by atoms with Crippen LogP contribution in [-0.4, -0.2) is 5.78 Å². The zero-order valence-electron chi connectivity index (χ0n) is 9.65. The molecule has 0 bridgehead atoms. The minimum Gasteiger partial charge on any atom is -0.294 e. The fourth-order valence-corrected chi connectivity index (χ4v) is 1.64. The van der Waals surface area contributed by atoms with Gasteiger partial charge in [0.1, 0.15) is 0 Å². The summed E-state index contributed by atoms with van der Waals surface area (Å²) in [7, 11) is 0. The van der Waals surface area contributed by atoms with Crippen molar-refractivity contribution in [2.45, 2.75) is 6.42 Å². The smallest absolute Gasteiger partial charge is 0.167 e. The van der Waals surface area contributed by atoms with Gasteiger partial charge in [-0.2, -0.15) is 0 Å². The van der Waals surface area contributed by atoms with E-state index < -0.39 is 0 Å². The summed E-state index contributed by atoms with van der Waals surface area (Å²) in [5, 5.41) is 3.48. The number of nitrogens with zero attached hydrogens (tertiary/aromatic N) is 3. The SMILES string of the molecule is [N-]=[N+]=Nc1ccc(CC(=O)c2ccccc2)cc1. The van der Waals surface area contributed by atoms with Gasteiger partial charge in [0, 0.05) is 22.6 Å². The summed E-state index contributed by atoms with van der Waals surface area (Å²) in [6.07, 6.45) is 0.348. The molecule has 0 spiro atoms. The minimum atomic E-state index is 0.0761. The van der Waals surface area contributed by atoms with Crippen molar-refractivity contribution >= 4 is 11.5 Å². The Bertz CT molecular complexity index is 584. The van der Waals surface area contributed by atoms with Gasteiger partial charge in [0.05, 0.1) is 0 Å². The predicted octanol–water partition coefficient (Wildman–Crippen LogP) is 4.05. The highest BCUT2D eigenvalue weighted by atomic mass is 16.1. The molecule has 0 atom stereocenters. The third-order valence-corrected chi connectivity index (χ3v) is 2.56. The van der Waals surface area contributed by atoms with E-state index in [0.29, 0.717) is 17.7 Å². The second-order valence-corrected chi connectivity index (χ2v) is 3.82. The molecule has 0 saturated carbocycles. The number of azide groups is 1. The molecule has 0 aliphatic carbocycles. The van der Waals surface area contributed by atoms with Crippen molar-refractivity contribution in [1.82, 2.24) is 0 Å². The standard InChI is InChI=1S/C14H11N3O/c15-17-16-13-8-6-11(7-9-13)10-14(18)12-4-2-1-3-5-12/h1-9H,10H2. The van der Waals surface area contributed by atoms with Gasteiger partial charge in [0.15, 0.2) is 5.78 Å². The molecule has 2 aromatic carbocycles. The Labute approximate surface area is 105 Å². The first-order valence-electron chi connectivity index (χ1n) is 5.52. The molecule has 2 aromatic rings. The highest BCUT2D eigenvalue weighted by molar-refractivity contribution is 5.97. The number of Topliss-reactive ketones (excluding diaryl/α,β-unsaturated/α-hetero) is 1. The molecule has 0 fully saturated rings. The summed E-state index contributed by atoms with van der Waals surface area (Å²) in [4.78, 5) is 14.6. The summed E-state index contributed by atoms with van der Waals surface area (Å²) >= 11 is 0. The normalized spacial score (nSPS) is 9.56. The van der Waals surface area contributed by atoms with E-state index in [2.05, 4.69) is 10.0 Å². The molecular weight excluding hydrogens is 226 g/mol. The van der Waals surface area contributed by atoms with Crippen LogP contribution in [0.15, 0.2) is 59.7 Å². The van der Waals surface area contributed by atoms with Gasteiger partial charge >= 0.3 is 0 Å². The van der Waals surface area contributed by atoms with Gasteiger partial charge in [-0.15, -0.1) is 0 Å². The van der Waals surface area contributed by atoms with Crippen LogP contribution in [0, 0.1) is 0 Å². The number of ketones is 1. The number of carbonyl (C=O) groups is 1. The molecule has 4 heteroatoms. The average Bonchev–Trinajstić information content (AvgIpc) is 2.42. The van der Waals surface area contributed by atoms with Crippen molar-refractivity contribution in [3.05, 3.63) is 76.2 Å². The van der Waals surface area contributed by atoms with E-state index in [-0.39, 0.29) is 5.78 Å². The lowest BCUT2D eigenvalue weighted by Crippen LogP contribution is -2.02. The van der Waals surface area contributed by atoms with Gasteiger partial charge in [0.25, 0.3) is 0 Å². The van der Waals surface area contributed by atoms with Crippen molar-refractivity contribution in [3.8, 4) is 0 Å². The lowest BCUT2D eigenvalue weighted by atomic mass is 10.0. The molecular formula is C14H11N3O. The monoisotopic (exact) mass is 237 g/mol. The summed E-state index contributed by atoms with van der Waals surface area (Å²) in [5.74, 6) is 0.0761. The summed E-state index contributed by atoms with van der Waals surface area (Å²) in [5.41, 5.74) is 10.4. The zero-order chi connectivity index (χ0) is 12.8. The zero-order valence-corrected chi connectivity index (χ0v) is 9.65. The van der Waals surface area contributed by atoms with E-state index in [1.165, 1.54) is 0 Å². The number of hydrogen-bond donors (Lipinski definition) is 0. The molecule has 2 rings (SSSR count). The Morgan fingerprint density at radius 2 is 1.72 bits per heavy atom. The molecule has 4 nitrogen and oxygen atoms in total. The number of benzene rings is 2. The molecule has 0 aliphatic heterocycles. The van der Waals surface area contributed by atoms with Gasteiger partial charge in [-0.05, 0) is 11.1 Å².